The number of rotatable bonds is 8. The molecule has 0 atom stereocenters. The number of nitrogens with two attached hydrogens (primary N) is 1. The lowest BCUT2D eigenvalue weighted by molar-refractivity contribution is 0.275. The summed E-state index contributed by atoms with van der Waals surface area (Å²) < 4.78 is 29.0. The van der Waals surface area contributed by atoms with Gasteiger partial charge >= 0.3 is 0 Å². The lowest BCUT2D eigenvalue weighted by Gasteiger charge is -2.37. The van der Waals surface area contributed by atoms with E-state index in [9.17, 15) is 8.42 Å². The maximum Gasteiger partial charge on any atom is 0.198 e. The fourth-order valence-corrected chi connectivity index (χ4v) is 4.35. The van der Waals surface area contributed by atoms with Crippen LogP contribution in [0.15, 0.2) is 53.4 Å². The van der Waals surface area contributed by atoms with Crippen LogP contribution in [0.2, 0.25) is 0 Å². The molecule has 1 saturated heterocycles. The normalized spacial score (nSPS) is 14.9. The molecule has 174 valence electrons. The maximum atomic E-state index is 11.6. The number of piperidine rings is 1. The molecule has 7 nitrogen and oxygen atoms in total. The van der Waals surface area contributed by atoms with E-state index in [0.29, 0.717) is 30.6 Å². The minimum atomic E-state index is -3.20. The topological polar surface area (TPSA) is 99.7 Å². The van der Waals surface area contributed by atoms with Crippen molar-refractivity contribution in [2.45, 2.75) is 37.7 Å². The zero-order chi connectivity index (χ0) is 23.1. The molecule has 0 aliphatic carbocycles. The van der Waals surface area contributed by atoms with E-state index in [0.717, 1.165) is 55.3 Å². The predicted octanol–water partition coefficient (Wildman–Crippen LogP) is 3.49. The SMILES string of the molecule is CC1CCN(C(=N)N(CCCN)c2ccc(OCc3ccc(S(C)(=O)=O)cc3)cc2)CC1. The number of anilines is 1. The molecule has 3 N–H and O–H groups in total. The first-order chi connectivity index (χ1) is 15.3. The summed E-state index contributed by atoms with van der Waals surface area (Å²) in [4.78, 5) is 4.48. The summed E-state index contributed by atoms with van der Waals surface area (Å²) in [5, 5.41) is 8.77. The van der Waals surface area contributed by atoms with Crippen LogP contribution in [0, 0.1) is 11.3 Å². The second-order valence-electron chi connectivity index (χ2n) is 8.49. The van der Waals surface area contributed by atoms with Crippen molar-refractivity contribution in [3.05, 3.63) is 54.1 Å². The summed E-state index contributed by atoms with van der Waals surface area (Å²) in [6.07, 6.45) is 4.24. The Bertz CT molecular complexity index is 983. The van der Waals surface area contributed by atoms with Gasteiger partial charge in [-0.05, 0) is 73.7 Å². The number of guanidine groups is 1. The molecule has 0 spiro atoms. The van der Waals surface area contributed by atoms with Crippen molar-refractivity contribution in [3.63, 3.8) is 0 Å². The van der Waals surface area contributed by atoms with Crippen LogP contribution in [0.1, 0.15) is 31.7 Å². The molecule has 1 heterocycles. The smallest absolute Gasteiger partial charge is 0.198 e. The Morgan fingerprint density at radius 3 is 2.31 bits per heavy atom. The average Bonchev–Trinajstić information content (AvgIpc) is 2.79. The second kappa shape index (κ2) is 10.8. The number of likely N-dealkylation sites (tertiary alicyclic amines) is 1. The Hall–Kier alpha value is -2.58. The molecule has 1 fully saturated rings. The lowest BCUT2D eigenvalue weighted by Crippen LogP contribution is -2.47. The molecule has 0 radical (unpaired) electrons. The van der Waals surface area contributed by atoms with Crippen LogP contribution < -0.4 is 15.4 Å². The van der Waals surface area contributed by atoms with Crippen LogP contribution in [0.25, 0.3) is 0 Å². The maximum absolute atomic E-state index is 11.6. The number of sulfone groups is 1. The van der Waals surface area contributed by atoms with E-state index in [1.807, 2.05) is 29.2 Å². The quantitative estimate of drug-likeness (QED) is 0.464. The minimum Gasteiger partial charge on any atom is -0.489 e. The molecule has 0 saturated carbocycles. The fourth-order valence-electron chi connectivity index (χ4n) is 3.72. The van der Waals surface area contributed by atoms with Gasteiger partial charge in [-0.3, -0.25) is 5.41 Å². The van der Waals surface area contributed by atoms with E-state index >= 15 is 0 Å². The Morgan fingerprint density at radius 2 is 1.75 bits per heavy atom. The predicted molar refractivity (Wildman–Crippen MR) is 129 cm³/mol. The molecule has 1 aliphatic heterocycles. The van der Waals surface area contributed by atoms with E-state index in [1.165, 1.54) is 6.26 Å². The number of benzene rings is 2. The van der Waals surface area contributed by atoms with Gasteiger partial charge in [-0.25, -0.2) is 8.42 Å². The summed E-state index contributed by atoms with van der Waals surface area (Å²) in [5.41, 5.74) is 7.59. The third-order valence-electron chi connectivity index (χ3n) is 5.83. The van der Waals surface area contributed by atoms with Crippen molar-refractivity contribution in [1.29, 1.82) is 5.41 Å². The van der Waals surface area contributed by atoms with Gasteiger partial charge in [-0.2, -0.15) is 0 Å². The summed E-state index contributed by atoms with van der Waals surface area (Å²) in [6.45, 7) is 5.74. The molecule has 32 heavy (non-hydrogen) atoms. The van der Waals surface area contributed by atoms with Crippen LogP contribution in [0.5, 0.6) is 5.75 Å². The van der Waals surface area contributed by atoms with Crippen molar-refractivity contribution in [1.82, 2.24) is 4.90 Å². The van der Waals surface area contributed by atoms with E-state index < -0.39 is 9.84 Å². The molecule has 2 aromatic rings. The van der Waals surface area contributed by atoms with Gasteiger partial charge in [-0.1, -0.05) is 19.1 Å². The third kappa shape index (κ3) is 6.46. The van der Waals surface area contributed by atoms with Gasteiger partial charge in [0.1, 0.15) is 12.4 Å². The number of ether oxygens (including phenoxy) is 1. The first kappa shape index (κ1) is 24.1. The molecular weight excluding hydrogens is 424 g/mol. The highest BCUT2D eigenvalue weighted by atomic mass is 32.2. The first-order valence-electron chi connectivity index (χ1n) is 11.1. The van der Waals surface area contributed by atoms with Crippen LogP contribution in [0.4, 0.5) is 5.69 Å². The van der Waals surface area contributed by atoms with Gasteiger partial charge in [0.05, 0.1) is 4.90 Å². The average molecular weight is 459 g/mol. The first-order valence-corrected chi connectivity index (χ1v) is 13.0. The van der Waals surface area contributed by atoms with Gasteiger partial charge in [0, 0.05) is 31.6 Å². The Morgan fingerprint density at radius 1 is 1.12 bits per heavy atom. The molecule has 0 bridgehead atoms. The highest BCUT2D eigenvalue weighted by Gasteiger charge is 2.22. The molecule has 0 aromatic heterocycles. The van der Waals surface area contributed by atoms with Crippen molar-refractivity contribution in [2.75, 3.05) is 37.3 Å². The monoisotopic (exact) mass is 458 g/mol. The van der Waals surface area contributed by atoms with Crippen LogP contribution in [-0.4, -0.2) is 51.7 Å². The third-order valence-corrected chi connectivity index (χ3v) is 6.96. The van der Waals surface area contributed by atoms with Gasteiger partial charge in [0.2, 0.25) is 0 Å². The minimum absolute atomic E-state index is 0.300. The zero-order valence-corrected chi connectivity index (χ0v) is 19.8. The number of nitrogens with zero attached hydrogens (tertiary/aromatic N) is 2. The molecule has 0 amide bonds. The molecule has 8 heteroatoms. The molecular formula is C24H34N4O3S. The highest BCUT2D eigenvalue weighted by molar-refractivity contribution is 7.90. The Labute approximate surface area is 191 Å². The van der Waals surface area contributed by atoms with Crippen molar-refractivity contribution in [3.8, 4) is 5.75 Å². The summed E-state index contributed by atoms with van der Waals surface area (Å²) in [5.74, 6) is 1.97. The fraction of sp³-hybridized carbons (Fsp3) is 0.458. The lowest BCUT2D eigenvalue weighted by atomic mass is 9.99. The van der Waals surface area contributed by atoms with Crippen molar-refractivity contribution in [2.24, 2.45) is 11.7 Å². The van der Waals surface area contributed by atoms with Crippen LogP contribution in [-0.2, 0) is 16.4 Å². The Balaban J connectivity index is 1.64. The highest BCUT2D eigenvalue weighted by Crippen LogP contribution is 2.24. The van der Waals surface area contributed by atoms with Crippen molar-refractivity contribution >= 4 is 21.5 Å². The summed E-state index contributed by atoms with van der Waals surface area (Å²) in [6, 6.07) is 14.5. The molecule has 1 aliphatic rings. The van der Waals surface area contributed by atoms with Gasteiger partial charge in [-0.15, -0.1) is 0 Å². The van der Waals surface area contributed by atoms with Gasteiger partial charge in [0.25, 0.3) is 0 Å². The second-order valence-corrected chi connectivity index (χ2v) is 10.5. The molecule has 2 aromatic carbocycles. The Kier molecular flexibility index (Phi) is 8.15. The van der Waals surface area contributed by atoms with E-state index in [4.69, 9.17) is 15.9 Å². The van der Waals surface area contributed by atoms with Crippen molar-refractivity contribution < 1.29 is 13.2 Å². The largest absolute Gasteiger partial charge is 0.489 e. The zero-order valence-electron chi connectivity index (χ0n) is 19.0. The number of nitrogens with one attached hydrogen (secondary N) is 1. The van der Waals surface area contributed by atoms with Gasteiger partial charge < -0.3 is 20.3 Å². The standard InChI is InChI=1S/C24H34N4O3S/c1-19-12-16-27(17-13-19)24(26)28(15-3-14-25)21-6-8-22(9-7-21)31-18-20-4-10-23(11-5-20)32(2,29)30/h4-11,19,26H,3,12-18,25H2,1-2H3. The number of hydrogen-bond acceptors (Lipinski definition) is 5. The van der Waals surface area contributed by atoms with Crippen LogP contribution >= 0.6 is 0 Å². The molecule has 0 unspecified atom stereocenters. The van der Waals surface area contributed by atoms with E-state index in [1.54, 1.807) is 24.3 Å². The van der Waals surface area contributed by atoms with E-state index in [2.05, 4.69) is 11.8 Å². The number of hydrogen-bond donors (Lipinski definition) is 2. The van der Waals surface area contributed by atoms with E-state index in [-0.39, 0.29) is 0 Å². The summed E-state index contributed by atoms with van der Waals surface area (Å²) in [7, 11) is -3.20. The summed E-state index contributed by atoms with van der Waals surface area (Å²) >= 11 is 0. The van der Waals surface area contributed by atoms with Gasteiger partial charge in [0.15, 0.2) is 15.8 Å². The van der Waals surface area contributed by atoms with Crippen LogP contribution in [0.3, 0.4) is 0 Å². The molecule has 3 rings (SSSR count).